The third kappa shape index (κ3) is 3.13. The van der Waals surface area contributed by atoms with E-state index < -0.39 is 24.1 Å². The lowest BCUT2D eigenvalue weighted by atomic mass is 9.79. The highest BCUT2D eigenvalue weighted by atomic mass is 32.2. The summed E-state index contributed by atoms with van der Waals surface area (Å²) in [5.74, 6) is -1.57. The van der Waals surface area contributed by atoms with E-state index in [1.807, 2.05) is 22.9 Å². The quantitative estimate of drug-likeness (QED) is 0.467. The Morgan fingerprint density at radius 2 is 2.19 bits per heavy atom. The largest absolute Gasteiger partial charge is 0.477 e. The van der Waals surface area contributed by atoms with E-state index in [2.05, 4.69) is 10.3 Å². The molecule has 9 nitrogen and oxygen atoms in total. The van der Waals surface area contributed by atoms with E-state index in [-0.39, 0.29) is 34.9 Å². The predicted octanol–water partition coefficient (Wildman–Crippen LogP) is 1.05. The van der Waals surface area contributed by atoms with Crippen LogP contribution < -0.4 is 5.32 Å². The molecular weight excluding hydrogens is 440 g/mol. The summed E-state index contributed by atoms with van der Waals surface area (Å²) in [5.41, 5.74) is 0.0432. The smallest absolute Gasteiger partial charge is 0.353 e. The number of amides is 1. The summed E-state index contributed by atoms with van der Waals surface area (Å²) >= 11 is 3.03. The Bertz CT molecular complexity index is 1080. The van der Waals surface area contributed by atoms with Crippen LogP contribution in [0.25, 0.3) is 4.83 Å². The molecule has 4 N–H and O–H groups in total. The van der Waals surface area contributed by atoms with Gasteiger partial charge in [0.05, 0.1) is 24.3 Å². The number of β-lactam (4-membered cyclic amide) rings is 1. The van der Waals surface area contributed by atoms with E-state index in [0.29, 0.717) is 23.7 Å². The number of carbonyl (C=O) groups is 2. The number of hydrogen-bond acceptors (Lipinski definition) is 8. The number of imidazole rings is 1. The number of fused-ring (bicyclic) bond motifs is 2. The fourth-order valence-corrected chi connectivity index (χ4v) is 7.27. The standard InChI is InChI=1S/C20H24N4O5S2/c1-8-14-13(9(2)25)19(27)24(14)15(20(28)29)17(8)31-10-5-11(21-6-10)16(26)18-22-7-12-23(18)3-4-30-12/h3-4,7-11,13-14,16,21,25-26H,5-6H2,1-2H3,(H,28,29)/t8-,9-,10+,11+,13-,14-,16?/m1/s1. The van der Waals surface area contributed by atoms with Crippen molar-refractivity contribution in [1.82, 2.24) is 19.6 Å². The van der Waals surface area contributed by atoms with E-state index in [1.165, 1.54) is 16.7 Å². The number of nitrogens with one attached hydrogen (secondary N) is 1. The summed E-state index contributed by atoms with van der Waals surface area (Å²) in [5, 5.41) is 36.0. The first-order chi connectivity index (χ1) is 14.8. The maximum Gasteiger partial charge on any atom is 0.353 e. The molecule has 0 aromatic carbocycles. The monoisotopic (exact) mass is 464 g/mol. The lowest BCUT2D eigenvalue weighted by Crippen LogP contribution is -2.63. The fraction of sp³-hybridized carbons (Fsp3) is 0.550. The normalized spacial score (nSPS) is 32.5. The Morgan fingerprint density at radius 3 is 2.90 bits per heavy atom. The molecule has 5 heterocycles. The Balaban J connectivity index is 1.33. The van der Waals surface area contributed by atoms with Crippen molar-refractivity contribution in [2.45, 2.75) is 49.8 Å². The topological polar surface area (TPSA) is 127 Å². The number of thioether (sulfide) groups is 1. The summed E-state index contributed by atoms with van der Waals surface area (Å²) in [6, 6.07) is -0.508. The van der Waals surface area contributed by atoms with Gasteiger partial charge in [-0.3, -0.25) is 9.20 Å². The minimum absolute atomic E-state index is 0.0432. The number of aliphatic carboxylic acids is 1. The average Bonchev–Trinajstić information content (AvgIpc) is 3.46. The zero-order valence-electron chi connectivity index (χ0n) is 17.0. The Hall–Kier alpha value is -1.92. The molecule has 3 aliphatic heterocycles. The van der Waals surface area contributed by atoms with Crippen molar-refractivity contribution in [3.05, 3.63) is 34.2 Å². The van der Waals surface area contributed by atoms with Gasteiger partial charge in [0.25, 0.3) is 0 Å². The van der Waals surface area contributed by atoms with Crippen molar-refractivity contribution in [2.75, 3.05) is 6.54 Å². The van der Waals surface area contributed by atoms with Crippen molar-refractivity contribution in [3.8, 4) is 0 Å². The van der Waals surface area contributed by atoms with E-state index in [4.69, 9.17) is 0 Å². The van der Waals surface area contributed by atoms with Crippen LogP contribution in [0.4, 0.5) is 0 Å². The zero-order valence-corrected chi connectivity index (χ0v) is 18.6. The Labute approximate surface area is 186 Å². The van der Waals surface area contributed by atoms with Gasteiger partial charge >= 0.3 is 5.97 Å². The van der Waals surface area contributed by atoms with Gasteiger partial charge in [-0.15, -0.1) is 23.1 Å². The molecular formula is C20H24N4O5S2. The minimum atomic E-state index is -1.12. The van der Waals surface area contributed by atoms with Gasteiger partial charge in [-0.05, 0) is 13.3 Å². The number of aromatic nitrogens is 2. The number of aliphatic hydroxyl groups excluding tert-OH is 2. The first kappa shape index (κ1) is 21.0. The van der Waals surface area contributed by atoms with Gasteiger partial charge in [0.15, 0.2) is 0 Å². The number of carbonyl (C=O) groups excluding carboxylic acids is 1. The van der Waals surface area contributed by atoms with Crippen molar-refractivity contribution in [2.24, 2.45) is 11.8 Å². The molecule has 11 heteroatoms. The minimum Gasteiger partial charge on any atom is -0.477 e. The molecule has 0 bridgehead atoms. The second-order valence-electron chi connectivity index (χ2n) is 8.43. The van der Waals surface area contributed by atoms with E-state index in [9.17, 15) is 24.9 Å². The summed E-state index contributed by atoms with van der Waals surface area (Å²) in [6.45, 7) is 4.11. The number of hydrogen-bond donors (Lipinski definition) is 4. The van der Waals surface area contributed by atoms with Crippen LogP contribution in [-0.4, -0.2) is 71.5 Å². The van der Waals surface area contributed by atoms with Crippen LogP contribution in [0.5, 0.6) is 0 Å². The SMILES string of the molecule is C[C@@H](O)[C@H]1C(=O)N2C(C(=O)O)=C(S[C@@H]3CN[C@H](C(O)c4ncc5sccn45)C3)[C@H](C)[C@H]12. The van der Waals surface area contributed by atoms with Crippen LogP contribution in [0.2, 0.25) is 0 Å². The molecule has 5 rings (SSSR count). The molecule has 7 atom stereocenters. The van der Waals surface area contributed by atoms with Crippen LogP contribution in [-0.2, 0) is 9.59 Å². The number of rotatable bonds is 6. The number of nitrogens with zero attached hydrogens (tertiary/aromatic N) is 3. The lowest BCUT2D eigenvalue weighted by molar-refractivity contribution is -0.163. The van der Waals surface area contributed by atoms with Gasteiger partial charge in [-0.2, -0.15) is 0 Å². The fourth-order valence-electron chi connectivity index (χ4n) is 5.08. The number of carboxylic acid groups (broad SMARTS) is 1. The molecule has 2 aromatic rings. The molecule has 2 fully saturated rings. The van der Waals surface area contributed by atoms with Gasteiger partial charge in [-0.25, -0.2) is 9.78 Å². The second kappa shape index (κ2) is 7.59. The molecule has 1 amide bonds. The summed E-state index contributed by atoms with van der Waals surface area (Å²) in [4.78, 5) is 31.8. The van der Waals surface area contributed by atoms with E-state index >= 15 is 0 Å². The molecule has 0 spiro atoms. The zero-order chi connectivity index (χ0) is 22.0. The molecule has 2 aromatic heterocycles. The van der Waals surface area contributed by atoms with Gasteiger partial charge in [0, 0.05) is 40.2 Å². The molecule has 0 radical (unpaired) electrons. The van der Waals surface area contributed by atoms with Crippen LogP contribution in [0.15, 0.2) is 28.4 Å². The van der Waals surface area contributed by atoms with Crippen molar-refractivity contribution in [1.29, 1.82) is 0 Å². The summed E-state index contributed by atoms with van der Waals surface area (Å²) in [6.07, 6.45) is 2.68. The Morgan fingerprint density at radius 1 is 1.42 bits per heavy atom. The molecule has 0 saturated carbocycles. The highest BCUT2D eigenvalue weighted by Gasteiger charge is 2.60. The summed E-state index contributed by atoms with van der Waals surface area (Å²) < 4.78 is 1.88. The van der Waals surface area contributed by atoms with Gasteiger partial charge in [-0.1, -0.05) is 6.92 Å². The second-order valence-corrected chi connectivity index (χ2v) is 10.7. The number of aliphatic hydroxyl groups is 2. The van der Waals surface area contributed by atoms with Crippen LogP contribution >= 0.6 is 23.1 Å². The maximum atomic E-state index is 12.5. The third-order valence-electron chi connectivity index (χ3n) is 6.57. The Kier molecular flexibility index (Phi) is 5.13. The van der Waals surface area contributed by atoms with E-state index in [1.54, 1.807) is 24.5 Å². The van der Waals surface area contributed by atoms with Crippen LogP contribution in [0, 0.1) is 11.8 Å². The first-order valence-corrected chi connectivity index (χ1v) is 12.0. The maximum absolute atomic E-state index is 12.5. The average molecular weight is 465 g/mol. The third-order valence-corrected chi connectivity index (χ3v) is 8.88. The van der Waals surface area contributed by atoms with Gasteiger partial charge < -0.3 is 25.5 Å². The number of carboxylic acids is 1. The van der Waals surface area contributed by atoms with Crippen LogP contribution in [0.1, 0.15) is 32.2 Å². The predicted molar refractivity (Wildman–Crippen MR) is 115 cm³/mol. The van der Waals surface area contributed by atoms with Crippen molar-refractivity contribution < 1.29 is 24.9 Å². The first-order valence-electron chi connectivity index (χ1n) is 10.3. The molecule has 0 aliphatic carbocycles. The summed E-state index contributed by atoms with van der Waals surface area (Å²) in [7, 11) is 0. The van der Waals surface area contributed by atoms with E-state index in [0.717, 1.165) is 4.83 Å². The highest BCUT2D eigenvalue weighted by Crippen LogP contribution is 2.52. The molecule has 31 heavy (non-hydrogen) atoms. The molecule has 2 saturated heterocycles. The van der Waals surface area contributed by atoms with Crippen LogP contribution in [0.3, 0.4) is 0 Å². The molecule has 3 aliphatic rings. The van der Waals surface area contributed by atoms with Gasteiger partial charge in [0.2, 0.25) is 5.91 Å². The van der Waals surface area contributed by atoms with Crippen molar-refractivity contribution >= 4 is 39.8 Å². The highest BCUT2D eigenvalue weighted by molar-refractivity contribution is 8.03. The lowest BCUT2D eigenvalue weighted by Gasteiger charge is -2.46. The number of thiazole rings is 1. The van der Waals surface area contributed by atoms with Gasteiger partial charge in [0.1, 0.15) is 22.5 Å². The molecule has 166 valence electrons. The van der Waals surface area contributed by atoms with Crippen molar-refractivity contribution in [3.63, 3.8) is 0 Å². The molecule has 1 unspecified atom stereocenters.